The van der Waals surface area contributed by atoms with Crippen LogP contribution in [0.4, 0.5) is 0 Å². The van der Waals surface area contributed by atoms with Gasteiger partial charge in [-0.25, -0.2) is 0 Å². The summed E-state index contributed by atoms with van der Waals surface area (Å²) in [6.45, 7) is 6.31. The molecule has 6 nitrogen and oxygen atoms in total. The van der Waals surface area contributed by atoms with Gasteiger partial charge in [-0.05, 0) is 42.3 Å². The van der Waals surface area contributed by atoms with Crippen molar-refractivity contribution in [1.29, 1.82) is 5.26 Å². The monoisotopic (exact) mass is 378 g/mol. The Labute approximate surface area is 166 Å². The number of nitrogens with zero attached hydrogens (tertiary/aromatic N) is 3. The predicted octanol–water partition coefficient (Wildman–Crippen LogP) is 2.10. The van der Waals surface area contributed by atoms with E-state index < -0.39 is 6.04 Å². The van der Waals surface area contributed by atoms with Crippen molar-refractivity contribution in [1.82, 2.24) is 9.80 Å². The first kappa shape index (κ1) is 19.9. The molecule has 0 spiro atoms. The van der Waals surface area contributed by atoms with Gasteiger partial charge in [0.15, 0.2) is 0 Å². The summed E-state index contributed by atoms with van der Waals surface area (Å²) in [6, 6.07) is 17.2. The molecule has 1 aliphatic rings. The molecule has 146 valence electrons. The first-order valence-electron chi connectivity index (χ1n) is 9.57. The van der Waals surface area contributed by atoms with E-state index in [1.54, 1.807) is 6.92 Å². The van der Waals surface area contributed by atoms with Crippen LogP contribution in [0.1, 0.15) is 12.5 Å². The number of nitrogens with two attached hydrogens (primary N) is 1. The first-order chi connectivity index (χ1) is 13.6. The van der Waals surface area contributed by atoms with Gasteiger partial charge in [-0.1, -0.05) is 24.3 Å². The van der Waals surface area contributed by atoms with Crippen molar-refractivity contribution >= 4 is 5.91 Å². The number of benzene rings is 2. The minimum absolute atomic E-state index is 0.0262. The molecule has 1 saturated heterocycles. The van der Waals surface area contributed by atoms with Crippen molar-refractivity contribution in [2.24, 2.45) is 5.73 Å². The average Bonchev–Trinajstić information content (AvgIpc) is 2.74. The molecule has 1 amide bonds. The summed E-state index contributed by atoms with van der Waals surface area (Å²) >= 11 is 0. The van der Waals surface area contributed by atoms with Crippen LogP contribution in [0.3, 0.4) is 0 Å². The van der Waals surface area contributed by atoms with E-state index >= 15 is 0 Å². The Kier molecular flexibility index (Phi) is 6.64. The highest BCUT2D eigenvalue weighted by Gasteiger charge is 2.22. The van der Waals surface area contributed by atoms with Crippen LogP contribution in [0.15, 0.2) is 48.5 Å². The summed E-state index contributed by atoms with van der Waals surface area (Å²) < 4.78 is 5.86. The molecule has 3 rings (SSSR count). The van der Waals surface area contributed by atoms with E-state index in [0.29, 0.717) is 12.2 Å². The van der Waals surface area contributed by atoms with E-state index in [1.807, 2.05) is 53.4 Å². The number of carbonyl (C=O) groups excluding carboxylic acids is 1. The Balaban J connectivity index is 1.43. The first-order valence-corrected chi connectivity index (χ1v) is 9.57. The van der Waals surface area contributed by atoms with Crippen molar-refractivity contribution in [2.45, 2.75) is 13.0 Å². The molecule has 28 heavy (non-hydrogen) atoms. The van der Waals surface area contributed by atoms with Crippen molar-refractivity contribution in [2.75, 3.05) is 39.3 Å². The molecule has 1 atom stereocenters. The van der Waals surface area contributed by atoms with E-state index in [2.05, 4.69) is 11.0 Å². The van der Waals surface area contributed by atoms with Gasteiger partial charge in [-0.2, -0.15) is 5.26 Å². The lowest BCUT2D eigenvalue weighted by Gasteiger charge is -2.35. The van der Waals surface area contributed by atoms with Gasteiger partial charge in [0.25, 0.3) is 0 Å². The topological polar surface area (TPSA) is 82.6 Å². The van der Waals surface area contributed by atoms with Gasteiger partial charge in [-0.15, -0.1) is 0 Å². The molecule has 2 aromatic carbocycles. The number of hydrogen-bond acceptors (Lipinski definition) is 5. The van der Waals surface area contributed by atoms with Gasteiger partial charge >= 0.3 is 0 Å². The molecule has 0 bridgehead atoms. The third-order valence-electron chi connectivity index (χ3n) is 4.95. The molecule has 0 aliphatic carbocycles. The molecule has 0 unspecified atom stereocenters. The van der Waals surface area contributed by atoms with Crippen LogP contribution in [0.2, 0.25) is 0 Å². The molecule has 0 saturated carbocycles. The second kappa shape index (κ2) is 9.36. The third kappa shape index (κ3) is 5.10. The Hall–Kier alpha value is -2.88. The Morgan fingerprint density at radius 1 is 1.07 bits per heavy atom. The van der Waals surface area contributed by atoms with Crippen LogP contribution in [0.25, 0.3) is 11.1 Å². The lowest BCUT2D eigenvalue weighted by molar-refractivity contribution is -0.133. The number of rotatable bonds is 6. The maximum Gasteiger partial charge on any atom is 0.239 e. The highest BCUT2D eigenvalue weighted by Crippen LogP contribution is 2.22. The van der Waals surface area contributed by atoms with Crippen LogP contribution < -0.4 is 10.5 Å². The zero-order valence-corrected chi connectivity index (χ0v) is 16.2. The van der Waals surface area contributed by atoms with Gasteiger partial charge in [-0.3, -0.25) is 9.69 Å². The molecule has 1 aliphatic heterocycles. The Bertz CT molecular complexity index is 817. The second-order valence-corrected chi connectivity index (χ2v) is 7.02. The average molecular weight is 378 g/mol. The zero-order valence-electron chi connectivity index (χ0n) is 16.2. The SMILES string of the molecule is C[C@@H](N)C(=O)N1CCN(CCOc2ccc(-c3ccc(C#N)cc3)cc2)CC1. The van der Waals surface area contributed by atoms with Gasteiger partial charge in [0, 0.05) is 32.7 Å². The van der Waals surface area contributed by atoms with Gasteiger partial charge in [0.2, 0.25) is 5.91 Å². The Morgan fingerprint density at radius 3 is 2.18 bits per heavy atom. The zero-order chi connectivity index (χ0) is 19.9. The maximum atomic E-state index is 11.9. The summed E-state index contributed by atoms with van der Waals surface area (Å²) in [5, 5.41) is 8.88. The number of ether oxygens (including phenoxy) is 1. The van der Waals surface area contributed by atoms with Crippen molar-refractivity contribution < 1.29 is 9.53 Å². The van der Waals surface area contributed by atoms with Crippen LogP contribution in [-0.2, 0) is 4.79 Å². The fourth-order valence-electron chi connectivity index (χ4n) is 3.25. The summed E-state index contributed by atoms with van der Waals surface area (Å²) in [5.74, 6) is 0.862. The molecule has 0 radical (unpaired) electrons. The number of hydrogen-bond donors (Lipinski definition) is 1. The van der Waals surface area contributed by atoms with Gasteiger partial charge < -0.3 is 15.4 Å². The van der Waals surface area contributed by atoms with Crippen LogP contribution in [0.5, 0.6) is 5.75 Å². The standard InChI is InChI=1S/C22H26N4O2/c1-17(24)22(27)26-12-10-25(11-13-26)14-15-28-21-8-6-20(7-9-21)19-4-2-18(16-23)3-5-19/h2-9,17H,10-15,24H2,1H3/t17-/m1/s1. The smallest absolute Gasteiger partial charge is 0.239 e. The van der Waals surface area contributed by atoms with Crippen molar-refractivity contribution in [3.63, 3.8) is 0 Å². The molecule has 0 aromatic heterocycles. The molecule has 6 heteroatoms. The van der Waals surface area contributed by atoms with E-state index in [-0.39, 0.29) is 5.91 Å². The largest absolute Gasteiger partial charge is 0.492 e. The molecular weight excluding hydrogens is 352 g/mol. The fraction of sp³-hybridized carbons (Fsp3) is 0.364. The second-order valence-electron chi connectivity index (χ2n) is 7.02. The lowest BCUT2D eigenvalue weighted by Crippen LogP contribution is -2.53. The quantitative estimate of drug-likeness (QED) is 0.832. The van der Waals surface area contributed by atoms with E-state index in [1.165, 1.54) is 0 Å². The van der Waals surface area contributed by atoms with Crippen LogP contribution in [0, 0.1) is 11.3 Å². The molecule has 1 fully saturated rings. The molecule has 2 aromatic rings. The van der Waals surface area contributed by atoms with E-state index in [9.17, 15) is 4.79 Å². The minimum atomic E-state index is -0.429. The number of piperazine rings is 1. The summed E-state index contributed by atoms with van der Waals surface area (Å²) in [5.41, 5.74) is 8.49. The third-order valence-corrected chi connectivity index (χ3v) is 4.95. The van der Waals surface area contributed by atoms with Crippen molar-refractivity contribution in [3.8, 4) is 22.9 Å². The predicted molar refractivity (Wildman–Crippen MR) is 109 cm³/mol. The maximum absolute atomic E-state index is 11.9. The highest BCUT2D eigenvalue weighted by molar-refractivity contribution is 5.81. The number of carbonyl (C=O) groups is 1. The summed E-state index contributed by atoms with van der Waals surface area (Å²) in [6.07, 6.45) is 0. The Morgan fingerprint density at radius 2 is 1.64 bits per heavy atom. The number of amides is 1. The minimum Gasteiger partial charge on any atom is -0.492 e. The van der Waals surface area contributed by atoms with Crippen LogP contribution in [-0.4, -0.2) is 61.1 Å². The van der Waals surface area contributed by atoms with Gasteiger partial charge in [0.05, 0.1) is 17.7 Å². The highest BCUT2D eigenvalue weighted by atomic mass is 16.5. The fourth-order valence-corrected chi connectivity index (χ4v) is 3.25. The van der Waals surface area contributed by atoms with E-state index in [4.69, 9.17) is 15.7 Å². The summed E-state index contributed by atoms with van der Waals surface area (Å²) in [4.78, 5) is 16.0. The lowest BCUT2D eigenvalue weighted by atomic mass is 10.0. The molecule has 2 N–H and O–H groups in total. The van der Waals surface area contributed by atoms with Crippen LogP contribution >= 0.6 is 0 Å². The van der Waals surface area contributed by atoms with Crippen molar-refractivity contribution in [3.05, 3.63) is 54.1 Å². The van der Waals surface area contributed by atoms with Gasteiger partial charge in [0.1, 0.15) is 12.4 Å². The summed E-state index contributed by atoms with van der Waals surface area (Å²) in [7, 11) is 0. The number of nitriles is 1. The normalized spacial score (nSPS) is 15.7. The molecule has 1 heterocycles. The molecular formula is C22H26N4O2. The van der Waals surface area contributed by atoms with E-state index in [0.717, 1.165) is 49.6 Å².